The molecule has 0 aliphatic rings. The van der Waals surface area contributed by atoms with Gasteiger partial charge in [-0.15, -0.1) is 0 Å². The fraction of sp³-hybridized carbons (Fsp3) is 0.208. The molecule has 0 heterocycles. The van der Waals surface area contributed by atoms with Gasteiger partial charge < -0.3 is 19.9 Å². The zero-order valence-corrected chi connectivity index (χ0v) is 17.7. The maximum absolute atomic E-state index is 11.1. The molecule has 3 rings (SSSR count). The third kappa shape index (κ3) is 5.45. The SMILES string of the molecule is CCOc1cc(CNc2ccc(C(=O)O)cc2C)c(Cl)cc1OCc1ccccc1. The Morgan fingerprint density at radius 3 is 2.43 bits per heavy atom. The van der Waals surface area contributed by atoms with Crippen LogP contribution in [0.3, 0.4) is 0 Å². The van der Waals surface area contributed by atoms with Crippen molar-refractivity contribution in [2.45, 2.75) is 27.0 Å². The lowest BCUT2D eigenvalue weighted by Crippen LogP contribution is -2.05. The van der Waals surface area contributed by atoms with Crippen molar-refractivity contribution in [3.63, 3.8) is 0 Å². The van der Waals surface area contributed by atoms with Crippen molar-refractivity contribution < 1.29 is 19.4 Å². The minimum absolute atomic E-state index is 0.259. The minimum atomic E-state index is -0.944. The first kappa shape index (κ1) is 21.5. The Morgan fingerprint density at radius 2 is 1.77 bits per heavy atom. The molecule has 0 saturated carbocycles. The first-order valence-corrected chi connectivity index (χ1v) is 10.1. The molecule has 0 aromatic heterocycles. The Morgan fingerprint density at radius 1 is 1.03 bits per heavy atom. The highest BCUT2D eigenvalue weighted by atomic mass is 35.5. The van der Waals surface area contributed by atoms with Gasteiger partial charge in [0.2, 0.25) is 0 Å². The normalized spacial score (nSPS) is 10.5. The van der Waals surface area contributed by atoms with Gasteiger partial charge in [0.25, 0.3) is 0 Å². The van der Waals surface area contributed by atoms with Crippen LogP contribution in [-0.2, 0) is 13.2 Å². The molecule has 5 nitrogen and oxygen atoms in total. The van der Waals surface area contributed by atoms with E-state index in [0.29, 0.717) is 36.3 Å². The van der Waals surface area contributed by atoms with Crippen LogP contribution in [0.15, 0.2) is 60.7 Å². The van der Waals surface area contributed by atoms with Crippen molar-refractivity contribution in [3.05, 3.63) is 87.9 Å². The summed E-state index contributed by atoms with van der Waals surface area (Å²) in [5, 5.41) is 13.0. The van der Waals surface area contributed by atoms with E-state index in [1.807, 2.05) is 50.2 Å². The molecule has 0 unspecified atom stereocenters. The van der Waals surface area contributed by atoms with E-state index in [4.69, 9.17) is 26.2 Å². The number of nitrogens with one attached hydrogen (secondary N) is 1. The second-order valence-corrected chi connectivity index (χ2v) is 7.19. The maximum atomic E-state index is 11.1. The maximum Gasteiger partial charge on any atom is 0.335 e. The summed E-state index contributed by atoms with van der Waals surface area (Å²) in [5.74, 6) is 0.282. The Balaban J connectivity index is 1.75. The third-order valence-corrected chi connectivity index (χ3v) is 4.94. The molecule has 0 atom stereocenters. The number of halogens is 1. The lowest BCUT2D eigenvalue weighted by Gasteiger charge is -2.16. The number of benzene rings is 3. The van der Waals surface area contributed by atoms with Crippen molar-refractivity contribution in [2.24, 2.45) is 0 Å². The largest absolute Gasteiger partial charge is 0.490 e. The van der Waals surface area contributed by atoms with E-state index in [1.165, 1.54) is 0 Å². The molecule has 6 heteroatoms. The van der Waals surface area contributed by atoms with Crippen molar-refractivity contribution in [2.75, 3.05) is 11.9 Å². The Bertz CT molecular complexity index is 1020. The number of carboxylic acids is 1. The zero-order valence-electron chi connectivity index (χ0n) is 16.9. The molecule has 0 aliphatic carbocycles. The molecule has 0 radical (unpaired) electrons. The van der Waals surface area contributed by atoms with Crippen LogP contribution in [0, 0.1) is 6.92 Å². The third-order valence-electron chi connectivity index (χ3n) is 4.59. The molecule has 3 aromatic carbocycles. The highest BCUT2D eigenvalue weighted by molar-refractivity contribution is 6.31. The van der Waals surface area contributed by atoms with E-state index in [1.54, 1.807) is 24.3 Å². The summed E-state index contributed by atoms with van der Waals surface area (Å²) in [6, 6.07) is 18.5. The van der Waals surface area contributed by atoms with Gasteiger partial charge in [0.1, 0.15) is 6.61 Å². The van der Waals surface area contributed by atoms with Crippen LogP contribution in [-0.4, -0.2) is 17.7 Å². The van der Waals surface area contributed by atoms with Crippen molar-refractivity contribution in [3.8, 4) is 11.5 Å². The molecule has 2 N–H and O–H groups in total. The van der Waals surface area contributed by atoms with Gasteiger partial charge in [0, 0.05) is 23.3 Å². The molecule has 0 amide bonds. The predicted molar refractivity (Wildman–Crippen MR) is 119 cm³/mol. The van der Waals surface area contributed by atoms with Gasteiger partial charge in [-0.1, -0.05) is 41.9 Å². The van der Waals surface area contributed by atoms with Gasteiger partial charge in [0.05, 0.1) is 12.2 Å². The van der Waals surface area contributed by atoms with Crippen molar-refractivity contribution >= 4 is 23.3 Å². The highest BCUT2D eigenvalue weighted by Crippen LogP contribution is 2.34. The summed E-state index contributed by atoms with van der Waals surface area (Å²) >= 11 is 6.50. The fourth-order valence-electron chi connectivity index (χ4n) is 3.01. The smallest absolute Gasteiger partial charge is 0.335 e. The Kier molecular flexibility index (Phi) is 7.20. The highest BCUT2D eigenvalue weighted by Gasteiger charge is 2.12. The van der Waals surface area contributed by atoms with Gasteiger partial charge in [-0.3, -0.25) is 0 Å². The average Bonchev–Trinajstić information content (AvgIpc) is 2.74. The molecule has 0 saturated heterocycles. The molecule has 0 bridgehead atoms. The van der Waals surface area contributed by atoms with E-state index in [-0.39, 0.29) is 5.56 Å². The minimum Gasteiger partial charge on any atom is -0.490 e. The number of anilines is 1. The average molecular weight is 426 g/mol. The summed E-state index contributed by atoms with van der Waals surface area (Å²) in [6.45, 7) is 5.17. The topological polar surface area (TPSA) is 67.8 Å². The second-order valence-electron chi connectivity index (χ2n) is 6.79. The number of aryl methyl sites for hydroxylation is 1. The second kappa shape index (κ2) is 10.0. The lowest BCUT2D eigenvalue weighted by atomic mass is 10.1. The number of ether oxygens (including phenoxy) is 2. The fourth-order valence-corrected chi connectivity index (χ4v) is 3.24. The molecule has 0 aliphatic heterocycles. The Hall–Kier alpha value is -3.18. The first-order chi connectivity index (χ1) is 14.5. The van der Waals surface area contributed by atoms with E-state index < -0.39 is 5.97 Å². The summed E-state index contributed by atoms with van der Waals surface area (Å²) in [5.41, 5.74) is 3.86. The summed E-state index contributed by atoms with van der Waals surface area (Å²) in [4.78, 5) is 11.1. The zero-order chi connectivity index (χ0) is 21.5. The molecule has 0 fully saturated rings. The van der Waals surface area contributed by atoms with Crippen LogP contribution >= 0.6 is 11.6 Å². The number of aromatic carboxylic acids is 1. The van der Waals surface area contributed by atoms with Crippen LogP contribution in [0.4, 0.5) is 5.69 Å². The quantitative estimate of drug-likeness (QED) is 0.444. The number of hydrogen-bond acceptors (Lipinski definition) is 4. The summed E-state index contributed by atoms with van der Waals surface area (Å²) in [7, 11) is 0. The van der Waals surface area contributed by atoms with Gasteiger partial charge in [-0.05, 0) is 54.8 Å². The predicted octanol–water partition coefficient (Wildman–Crippen LogP) is 5.94. The number of hydrogen-bond donors (Lipinski definition) is 2. The van der Waals surface area contributed by atoms with Crippen LogP contribution in [0.1, 0.15) is 34.0 Å². The van der Waals surface area contributed by atoms with Crippen molar-refractivity contribution in [1.29, 1.82) is 0 Å². The van der Waals surface area contributed by atoms with Gasteiger partial charge in [-0.25, -0.2) is 4.79 Å². The van der Waals surface area contributed by atoms with Crippen LogP contribution in [0.5, 0.6) is 11.5 Å². The van der Waals surface area contributed by atoms with Crippen LogP contribution in [0.2, 0.25) is 5.02 Å². The lowest BCUT2D eigenvalue weighted by molar-refractivity contribution is 0.0697. The van der Waals surface area contributed by atoms with Gasteiger partial charge in [-0.2, -0.15) is 0 Å². The molecule has 3 aromatic rings. The summed E-state index contributed by atoms with van der Waals surface area (Å²) in [6.07, 6.45) is 0. The van der Waals surface area contributed by atoms with Gasteiger partial charge >= 0.3 is 5.97 Å². The van der Waals surface area contributed by atoms with E-state index >= 15 is 0 Å². The van der Waals surface area contributed by atoms with E-state index in [9.17, 15) is 4.79 Å². The first-order valence-electron chi connectivity index (χ1n) is 9.67. The van der Waals surface area contributed by atoms with Crippen molar-refractivity contribution in [1.82, 2.24) is 0 Å². The summed E-state index contributed by atoms with van der Waals surface area (Å²) < 4.78 is 11.7. The van der Waals surface area contributed by atoms with E-state index in [2.05, 4.69) is 5.32 Å². The molecule has 156 valence electrons. The van der Waals surface area contributed by atoms with Gasteiger partial charge in [0.15, 0.2) is 11.5 Å². The van der Waals surface area contributed by atoms with Crippen LogP contribution in [0.25, 0.3) is 0 Å². The number of carbonyl (C=O) groups is 1. The molecular formula is C24H24ClNO4. The molecular weight excluding hydrogens is 402 g/mol. The molecule has 30 heavy (non-hydrogen) atoms. The Labute approximate surface area is 181 Å². The standard InChI is InChI=1S/C24H24ClNO4/c1-3-29-22-12-19(14-26-21-10-9-18(24(27)28)11-16(21)2)20(25)13-23(22)30-15-17-7-5-4-6-8-17/h4-13,26H,3,14-15H2,1-2H3,(H,27,28). The molecule has 0 spiro atoms. The monoisotopic (exact) mass is 425 g/mol. The number of rotatable bonds is 9. The van der Waals surface area contributed by atoms with E-state index in [0.717, 1.165) is 22.4 Å². The number of carboxylic acid groups (broad SMARTS) is 1. The van der Waals surface area contributed by atoms with Crippen LogP contribution < -0.4 is 14.8 Å².